The Morgan fingerprint density at radius 1 is 1.17 bits per heavy atom. The van der Waals surface area contributed by atoms with Gasteiger partial charge in [0.25, 0.3) is 5.91 Å². The summed E-state index contributed by atoms with van der Waals surface area (Å²) in [6, 6.07) is 9.39. The highest BCUT2D eigenvalue weighted by Crippen LogP contribution is 2.20. The molecule has 2 rings (SSSR count). The molecule has 0 saturated carbocycles. The van der Waals surface area contributed by atoms with Gasteiger partial charge < -0.3 is 10.4 Å². The van der Waals surface area contributed by atoms with Crippen LogP contribution in [0.4, 0.5) is 0 Å². The first kappa shape index (κ1) is 17.2. The predicted molar refractivity (Wildman–Crippen MR) is 90.2 cm³/mol. The zero-order chi connectivity index (χ0) is 16.7. The lowest BCUT2D eigenvalue weighted by atomic mass is 10.1. The molecule has 0 unspecified atom stereocenters. The minimum absolute atomic E-state index is 0.172. The molecular formula is C16H18BrN3O3. The lowest BCUT2D eigenvalue weighted by Crippen LogP contribution is -2.24. The Kier molecular flexibility index (Phi) is 6.34. The first-order chi connectivity index (χ1) is 11.1. The van der Waals surface area contributed by atoms with E-state index in [2.05, 4.69) is 31.4 Å². The smallest absolute Gasteiger partial charge is 0.303 e. The van der Waals surface area contributed by atoms with Crippen LogP contribution in [0.2, 0.25) is 0 Å². The molecule has 0 fully saturated rings. The zero-order valence-electron chi connectivity index (χ0n) is 12.5. The quantitative estimate of drug-likeness (QED) is 0.613. The molecule has 0 saturated heterocycles. The summed E-state index contributed by atoms with van der Waals surface area (Å²) in [4.78, 5) is 22.4. The molecule has 0 radical (unpaired) electrons. The largest absolute Gasteiger partial charge is 0.481 e. The van der Waals surface area contributed by atoms with Crippen molar-refractivity contribution in [3.63, 3.8) is 0 Å². The average molecular weight is 380 g/mol. The molecule has 7 heteroatoms. The lowest BCUT2D eigenvalue weighted by molar-refractivity contribution is -0.137. The number of unbranched alkanes of at least 4 members (excludes halogenated alkanes) is 2. The highest BCUT2D eigenvalue weighted by Gasteiger charge is 2.10. The van der Waals surface area contributed by atoms with Gasteiger partial charge in [0.1, 0.15) is 5.69 Å². The van der Waals surface area contributed by atoms with Crippen molar-refractivity contribution in [3.05, 3.63) is 40.5 Å². The minimum atomic E-state index is -0.785. The Balaban J connectivity index is 1.79. The van der Waals surface area contributed by atoms with Crippen LogP contribution in [0.15, 0.2) is 34.8 Å². The summed E-state index contributed by atoms with van der Waals surface area (Å²) >= 11 is 3.38. The minimum Gasteiger partial charge on any atom is -0.481 e. The Labute approximate surface area is 142 Å². The topological polar surface area (TPSA) is 95.1 Å². The standard InChI is InChI=1S/C16H18BrN3O3/c17-12-7-5-11(6-8-12)13-10-14(20-19-13)16(23)18-9-3-1-2-4-15(21)22/h5-8,10H,1-4,9H2,(H,18,23)(H,19,20)(H,21,22). The van der Waals surface area contributed by atoms with Crippen molar-refractivity contribution >= 4 is 27.8 Å². The highest BCUT2D eigenvalue weighted by atomic mass is 79.9. The number of nitrogens with zero attached hydrogens (tertiary/aromatic N) is 1. The van der Waals surface area contributed by atoms with Crippen LogP contribution in [0.25, 0.3) is 11.3 Å². The van der Waals surface area contributed by atoms with E-state index in [9.17, 15) is 9.59 Å². The molecule has 0 aliphatic carbocycles. The molecule has 3 N–H and O–H groups in total. The van der Waals surface area contributed by atoms with Gasteiger partial charge in [-0.1, -0.05) is 34.5 Å². The van der Waals surface area contributed by atoms with Crippen LogP contribution in [0.3, 0.4) is 0 Å². The first-order valence-corrected chi connectivity index (χ1v) is 8.17. The van der Waals surface area contributed by atoms with Crippen molar-refractivity contribution in [1.82, 2.24) is 15.5 Å². The summed E-state index contributed by atoms with van der Waals surface area (Å²) in [5.41, 5.74) is 2.05. The number of H-pyrrole nitrogens is 1. The molecule has 6 nitrogen and oxygen atoms in total. The number of carboxylic acids is 1. The molecule has 1 amide bonds. The van der Waals surface area contributed by atoms with E-state index in [0.29, 0.717) is 24.4 Å². The number of carbonyl (C=O) groups is 2. The van der Waals surface area contributed by atoms with E-state index in [4.69, 9.17) is 5.11 Å². The van der Waals surface area contributed by atoms with Gasteiger partial charge in [-0.3, -0.25) is 14.7 Å². The third-order valence-corrected chi connectivity index (χ3v) is 3.84. The SMILES string of the molecule is O=C(O)CCCCCNC(=O)c1cc(-c2ccc(Br)cc2)n[nH]1. The molecule has 2 aromatic rings. The van der Waals surface area contributed by atoms with E-state index < -0.39 is 5.97 Å². The number of halogens is 1. The summed E-state index contributed by atoms with van der Waals surface area (Å²) in [6.07, 6.45) is 2.33. The van der Waals surface area contributed by atoms with E-state index in [1.165, 1.54) is 0 Å². The Bertz CT molecular complexity index is 667. The third kappa shape index (κ3) is 5.52. The number of amides is 1. The summed E-state index contributed by atoms with van der Waals surface area (Å²) in [5, 5.41) is 18.2. The highest BCUT2D eigenvalue weighted by molar-refractivity contribution is 9.10. The summed E-state index contributed by atoms with van der Waals surface area (Å²) in [6.45, 7) is 0.519. The molecule has 23 heavy (non-hydrogen) atoms. The van der Waals surface area contributed by atoms with Crippen LogP contribution in [-0.2, 0) is 4.79 Å². The number of aromatic amines is 1. The summed E-state index contributed by atoms with van der Waals surface area (Å²) in [5.74, 6) is -0.994. The molecule has 0 bridgehead atoms. The monoisotopic (exact) mass is 379 g/mol. The van der Waals surface area contributed by atoms with E-state index in [0.717, 1.165) is 22.9 Å². The molecule has 122 valence electrons. The van der Waals surface area contributed by atoms with E-state index in [1.807, 2.05) is 24.3 Å². The van der Waals surface area contributed by atoms with Gasteiger partial charge >= 0.3 is 5.97 Å². The normalized spacial score (nSPS) is 10.5. The molecule has 1 heterocycles. The number of carbonyl (C=O) groups excluding carboxylic acids is 1. The predicted octanol–water partition coefficient (Wildman–Crippen LogP) is 3.21. The van der Waals surface area contributed by atoms with Crippen molar-refractivity contribution in [2.75, 3.05) is 6.54 Å². The van der Waals surface area contributed by atoms with Gasteiger partial charge in [0.05, 0.1) is 5.69 Å². The number of rotatable bonds is 8. The summed E-state index contributed by atoms with van der Waals surface area (Å²) < 4.78 is 0.984. The van der Waals surface area contributed by atoms with Crippen molar-refractivity contribution in [2.45, 2.75) is 25.7 Å². The van der Waals surface area contributed by atoms with Gasteiger partial charge in [0.2, 0.25) is 0 Å². The number of carboxylic acid groups (broad SMARTS) is 1. The molecule has 0 spiro atoms. The van der Waals surface area contributed by atoms with Gasteiger partial charge in [-0.2, -0.15) is 5.10 Å². The Hall–Kier alpha value is -2.15. The third-order valence-electron chi connectivity index (χ3n) is 3.32. The number of benzene rings is 1. The lowest BCUT2D eigenvalue weighted by Gasteiger charge is -2.02. The fourth-order valence-electron chi connectivity index (χ4n) is 2.08. The van der Waals surface area contributed by atoms with Crippen molar-refractivity contribution in [1.29, 1.82) is 0 Å². The fraction of sp³-hybridized carbons (Fsp3) is 0.312. The second-order valence-corrected chi connectivity index (χ2v) is 6.05. The van der Waals surface area contributed by atoms with Crippen molar-refractivity contribution in [3.8, 4) is 11.3 Å². The van der Waals surface area contributed by atoms with Crippen molar-refractivity contribution < 1.29 is 14.7 Å². The number of hydrogen-bond acceptors (Lipinski definition) is 3. The van der Waals surface area contributed by atoms with Crippen LogP contribution in [-0.4, -0.2) is 33.7 Å². The van der Waals surface area contributed by atoms with Crippen LogP contribution in [0.5, 0.6) is 0 Å². The van der Waals surface area contributed by atoms with Gasteiger partial charge in [0.15, 0.2) is 0 Å². The maximum absolute atomic E-state index is 12.0. The van der Waals surface area contributed by atoms with Gasteiger partial charge in [-0.05, 0) is 31.0 Å². The number of aliphatic carboxylic acids is 1. The van der Waals surface area contributed by atoms with Crippen LogP contribution in [0, 0.1) is 0 Å². The van der Waals surface area contributed by atoms with Gasteiger partial charge in [-0.25, -0.2) is 0 Å². The fourth-order valence-corrected chi connectivity index (χ4v) is 2.35. The molecule has 1 aromatic carbocycles. The van der Waals surface area contributed by atoms with Gasteiger partial charge in [-0.15, -0.1) is 0 Å². The van der Waals surface area contributed by atoms with Crippen LogP contribution in [0.1, 0.15) is 36.2 Å². The maximum Gasteiger partial charge on any atom is 0.303 e. The van der Waals surface area contributed by atoms with Gasteiger partial charge in [0, 0.05) is 23.0 Å². The molecule has 0 aliphatic heterocycles. The molecule has 0 aliphatic rings. The maximum atomic E-state index is 12.0. The van der Waals surface area contributed by atoms with Crippen LogP contribution >= 0.6 is 15.9 Å². The van der Waals surface area contributed by atoms with E-state index in [1.54, 1.807) is 6.07 Å². The average Bonchev–Trinajstić information content (AvgIpc) is 3.01. The number of hydrogen-bond donors (Lipinski definition) is 3. The zero-order valence-corrected chi connectivity index (χ0v) is 14.1. The van der Waals surface area contributed by atoms with Crippen molar-refractivity contribution in [2.24, 2.45) is 0 Å². The second kappa shape index (κ2) is 8.47. The Morgan fingerprint density at radius 2 is 1.91 bits per heavy atom. The van der Waals surface area contributed by atoms with E-state index in [-0.39, 0.29) is 12.3 Å². The van der Waals surface area contributed by atoms with Crippen LogP contribution < -0.4 is 5.32 Å². The van der Waals surface area contributed by atoms with E-state index >= 15 is 0 Å². The second-order valence-electron chi connectivity index (χ2n) is 5.13. The Morgan fingerprint density at radius 3 is 2.61 bits per heavy atom. The molecule has 1 aromatic heterocycles. The summed E-state index contributed by atoms with van der Waals surface area (Å²) in [7, 11) is 0. The number of nitrogens with one attached hydrogen (secondary N) is 2. The first-order valence-electron chi connectivity index (χ1n) is 7.37. The molecular weight excluding hydrogens is 362 g/mol. The molecule has 0 atom stereocenters. The number of aromatic nitrogens is 2.